The van der Waals surface area contributed by atoms with Crippen LogP contribution in [0.25, 0.3) is 0 Å². The normalized spacial score (nSPS) is 13.3. The highest BCUT2D eigenvalue weighted by molar-refractivity contribution is 7.91. The number of esters is 1. The summed E-state index contributed by atoms with van der Waals surface area (Å²) < 4.78 is 30.2. The van der Waals surface area contributed by atoms with Gasteiger partial charge in [0.05, 0.1) is 18.7 Å². The first kappa shape index (κ1) is 15.0. The molecule has 0 fully saturated rings. The Balaban J connectivity index is 2.92. The Morgan fingerprint density at radius 2 is 2.33 bits per heavy atom. The molecule has 0 aliphatic rings. The van der Waals surface area contributed by atoms with Crippen LogP contribution in [0.2, 0.25) is 0 Å². The minimum atomic E-state index is -3.86. The zero-order chi connectivity index (χ0) is 13.8. The number of carbonyl (C=O) groups is 1. The number of nitrogens with zero attached hydrogens (tertiary/aromatic N) is 1. The smallest absolute Gasteiger partial charge is 0.358 e. The van der Waals surface area contributed by atoms with Gasteiger partial charge in [-0.05, 0) is 6.42 Å². The van der Waals surface area contributed by atoms with Crippen LogP contribution in [0.1, 0.15) is 23.8 Å². The summed E-state index contributed by atoms with van der Waals surface area (Å²) in [5, 5.41) is 9.31. The van der Waals surface area contributed by atoms with Crippen LogP contribution >= 0.6 is 11.3 Å². The van der Waals surface area contributed by atoms with E-state index >= 15 is 0 Å². The molecule has 0 amide bonds. The van der Waals surface area contributed by atoms with Crippen LogP contribution in [0.5, 0.6) is 0 Å². The van der Waals surface area contributed by atoms with Crippen LogP contribution in [0.15, 0.2) is 9.72 Å². The van der Waals surface area contributed by atoms with Crippen molar-refractivity contribution in [1.29, 1.82) is 0 Å². The summed E-state index contributed by atoms with van der Waals surface area (Å²) in [5.41, 5.74) is 0.998. The lowest BCUT2D eigenvalue weighted by Crippen LogP contribution is -2.32. The second-order valence-electron chi connectivity index (χ2n) is 3.39. The number of thiazole rings is 1. The first-order chi connectivity index (χ1) is 8.42. The number of ether oxygens (including phenoxy) is 1. The highest BCUT2D eigenvalue weighted by Gasteiger charge is 2.26. The van der Waals surface area contributed by atoms with Crippen LogP contribution < -0.4 is 4.72 Å². The quantitative estimate of drug-likeness (QED) is 0.714. The van der Waals surface area contributed by atoms with Gasteiger partial charge in [-0.1, -0.05) is 6.92 Å². The molecule has 2 N–H and O–H groups in total. The number of aliphatic hydroxyl groups is 1. The number of carbonyl (C=O) groups excluding carboxylic acids is 1. The van der Waals surface area contributed by atoms with Crippen LogP contribution in [-0.2, 0) is 14.8 Å². The summed E-state index contributed by atoms with van der Waals surface area (Å²) in [5.74, 6) is -0.812. The molecule has 0 aliphatic heterocycles. The molecule has 0 radical (unpaired) electrons. The van der Waals surface area contributed by atoms with Gasteiger partial charge in [0, 0.05) is 6.54 Å². The maximum absolute atomic E-state index is 11.9. The van der Waals surface area contributed by atoms with Gasteiger partial charge in [0.15, 0.2) is 9.90 Å². The van der Waals surface area contributed by atoms with E-state index in [0.717, 1.165) is 18.4 Å². The average molecular weight is 294 g/mol. The van der Waals surface area contributed by atoms with E-state index in [1.54, 1.807) is 6.92 Å². The monoisotopic (exact) mass is 294 g/mol. The van der Waals surface area contributed by atoms with Crippen molar-refractivity contribution < 1.29 is 23.1 Å². The van der Waals surface area contributed by atoms with Gasteiger partial charge in [0.1, 0.15) is 0 Å². The minimum Gasteiger partial charge on any atom is -0.464 e. The first-order valence-corrected chi connectivity index (χ1v) is 7.48. The number of aromatic nitrogens is 1. The number of sulfonamides is 1. The molecule has 0 aromatic carbocycles. The summed E-state index contributed by atoms with van der Waals surface area (Å²) >= 11 is 0.815. The van der Waals surface area contributed by atoms with Crippen molar-refractivity contribution in [2.24, 2.45) is 0 Å². The fourth-order valence-electron chi connectivity index (χ4n) is 1.07. The van der Waals surface area contributed by atoms with Gasteiger partial charge >= 0.3 is 5.97 Å². The molecule has 1 rings (SSSR count). The molecule has 1 unspecified atom stereocenters. The summed E-state index contributed by atoms with van der Waals surface area (Å²) in [4.78, 5) is 15.0. The van der Waals surface area contributed by atoms with E-state index in [0.29, 0.717) is 6.42 Å². The SMILES string of the molecule is CCC(O)CNS(=O)(=O)c1scnc1C(=O)OC. The Labute approximate surface area is 109 Å². The summed E-state index contributed by atoms with van der Waals surface area (Å²) in [6.45, 7) is 1.61. The minimum absolute atomic E-state index is 0.114. The molecule has 102 valence electrons. The lowest BCUT2D eigenvalue weighted by atomic mass is 10.3. The zero-order valence-electron chi connectivity index (χ0n) is 9.91. The molecule has 1 atom stereocenters. The molecule has 0 spiro atoms. The van der Waals surface area contributed by atoms with Crippen LogP contribution in [0, 0.1) is 0 Å². The largest absolute Gasteiger partial charge is 0.464 e. The van der Waals surface area contributed by atoms with Gasteiger partial charge in [-0.25, -0.2) is 22.9 Å². The molecule has 1 heterocycles. The molecular formula is C9H14N2O5S2. The van der Waals surface area contributed by atoms with Gasteiger partial charge in [0.25, 0.3) is 10.0 Å². The number of aliphatic hydroxyl groups excluding tert-OH is 1. The lowest BCUT2D eigenvalue weighted by Gasteiger charge is -2.09. The second-order valence-corrected chi connectivity index (χ2v) is 6.21. The Morgan fingerprint density at radius 1 is 1.67 bits per heavy atom. The number of rotatable bonds is 6. The number of nitrogens with one attached hydrogen (secondary N) is 1. The Hall–Kier alpha value is -1.03. The summed E-state index contributed by atoms with van der Waals surface area (Å²) in [6.07, 6.45) is -0.344. The second kappa shape index (κ2) is 6.23. The van der Waals surface area contributed by atoms with E-state index in [1.807, 2.05) is 0 Å². The van der Waals surface area contributed by atoms with Crippen LogP contribution in [-0.4, -0.2) is 44.2 Å². The number of methoxy groups -OCH3 is 1. The lowest BCUT2D eigenvalue weighted by molar-refractivity contribution is 0.0590. The third-order valence-corrected chi connectivity index (χ3v) is 4.93. The molecule has 1 aromatic rings. The van der Waals surface area contributed by atoms with Crippen molar-refractivity contribution >= 4 is 27.3 Å². The predicted octanol–water partition coefficient (Wildman–Crippen LogP) is -0.0211. The van der Waals surface area contributed by atoms with Crippen molar-refractivity contribution in [3.8, 4) is 0 Å². The van der Waals surface area contributed by atoms with Gasteiger partial charge < -0.3 is 9.84 Å². The molecule has 0 aliphatic carbocycles. The molecule has 18 heavy (non-hydrogen) atoms. The van der Waals surface area contributed by atoms with Crippen molar-refractivity contribution in [1.82, 2.24) is 9.71 Å². The Kier molecular flexibility index (Phi) is 5.20. The molecule has 0 saturated carbocycles. The zero-order valence-corrected chi connectivity index (χ0v) is 11.5. The van der Waals surface area contributed by atoms with Crippen LogP contribution in [0.4, 0.5) is 0 Å². The molecule has 0 saturated heterocycles. The van der Waals surface area contributed by atoms with E-state index in [4.69, 9.17) is 0 Å². The summed E-state index contributed by atoms with van der Waals surface area (Å²) in [7, 11) is -2.72. The van der Waals surface area contributed by atoms with Crippen molar-refractivity contribution in [3.63, 3.8) is 0 Å². The average Bonchev–Trinajstić information content (AvgIpc) is 2.85. The Bertz CT molecular complexity index is 511. The van der Waals surface area contributed by atoms with E-state index in [1.165, 1.54) is 5.51 Å². The molecular weight excluding hydrogens is 280 g/mol. The fourth-order valence-corrected chi connectivity index (χ4v) is 3.32. The van der Waals surface area contributed by atoms with Crippen molar-refractivity contribution in [3.05, 3.63) is 11.2 Å². The van der Waals surface area contributed by atoms with Crippen molar-refractivity contribution in [2.45, 2.75) is 23.7 Å². The maximum Gasteiger partial charge on any atom is 0.358 e. The molecule has 0 bridgehead atoms. The highest BCUT2D eigenvalue weighted by Crippen LogP contribution is 2.20. The van der Waals surface area contributed by atoms with Crippen LogP contribution in [0.3, 0.4) is 0 Å². The van der Waals surface area contributed by atoms with Gasteiger partial charge in [0.2, 0.25) is 0 Å². The van der Waals surface area contributed by atoms with E-state index in [2.05, 4.69) is 14.4 Å². The van der Waals surface area contributed by atoms with E-state index in [9.17, 15) is 18.3 Å². The van der Waals surface area contributed by atoms with Gasteiger partial charge in [-0.2, -0.15) is 0 Å². The highest BCUT2D eigenvalue weighted by atomic mass is 32.2. The third-order valence-electron chi connectivity index (χ3n) is 2.14. The molecule has 9 heteroatoms. The maximum atomic E-state index is 11.9. The fraction of sp³-hybridized carbons (Fsp3) is 0.556. The topological polar surface area (TPSA) is 106 Å². The third kappa shape index (κ3) is 3.48. The first-order valence-electron chi connectivity index (χ1n) is 5.12. The van der Waals surface area contributed by atoms with Gasteiger partial charge in [-0.15, -0.1) is 11.3 Å². The van der Waals surface area contributed by atoms with E-state index < -0.39 is 22.1 Å². The Morgan fingerprint density at radius 3 is 2.89 bits per heavy atom. The van der Waals surface area contributed by atoms with Gasteiger partial charge in [-0.3, -0.25) is 0 Å². The number of hydrogen-bond donors (Lipinski definition) is 2. The summed E-state index contributed by atoms with van der Waals surface area (Å²) in [6, 6.07) is 0. The standard InChI is InChI=1S/C9H14N2O5S2/c1-3-6(12)4-11-18(14,15)9-7(8(13)16-2)10-5-17-9/h5-6,11-12H,3-4H2,1-2H3. The van der Waals surface area contributed by atoms with Crippen molar-refractivity contribution in [2.75, 3.05) is 13.7 Å². The molecule has 7 nitrogen and oxygen atoms in total. The molecule has 1 aromatic heterocycles. The van der Waals surface area contributed by atoms with E-state index in [-0.39, 0.29) is 16.4 Å². The predicted molar refractivity (Wildman–Crippen MR) is 64.9 cm³/mol. The number of hydrogen-bond acceptors (Lipinski definition) is 7.